The van der Waals surface area contributed by atoms with Gasteiger partial charge in [-0.15, -0.1) is 0 Å². The molecule has 0 aliphatic carbocycles. The molecule has 2 aromatic rings. The largest absolute Gasteiger partial charge is 0.378 e. The fraction of sp³-hybridized carbons (Fsp3) is 0.381. The quantitative estimate of drug-likeness (QED) is 0.915. The van der Waals surface area contributed by atoms with Crippen molar-refractivity contribution in [1.82, 2.24) is 4.90 Å². The first-order valence-corrected chi connectivity index (χ1v) is 9.09. The molecular weight excluding hydrogens is 324 g/mol. The van der Waals surface area contributed by atoms with E-state index in [2.05, 4.69) is 42.3 Å². The number of urea groups is 1. The Morgan fingerprint density at radius 1 is 0.962 bits per heavy atom. The zero-order valence-electron chi connectivity index (χ0n) is 16.1. The van der Waals surface area contributed by atoms with Gasteiger partial charge in [-0.3, -0.25) is 0 Å². The molecule has 0 unspecified atom stereocenters. The molecule has 0 bridgehead atoms. The first-order chi connectivity index (χ1) is 12.4. The molecule has 1 fully saturated rings. The smallest absolute Gasteiger partial charge is 0.321 e. The number of rotatable bonds is 3. The normalized spacial score (nSPS) is 14.3. The van der Waals surface area contributed by atoms with E-state index in [4.69, 9.17) is 0 Å². The fourth-order valence-corrected chi connectivity index (χ4v) is 3.26. The van der Waals surface area contributed by atoms with Crippen molar-refractivity contribution in [3.63, 3.8) is 0 Å². The number of carbonyl (C=O) groups is 1. The maximum atomic E-state index is 12.5. The van der Waals surface area contributed by atoms with Gasteiger partial charge in [0.1, 0.15) is 0 Å². The minimum Gasteiger partial charge on any atom is -0.378 e. The summed E-state index contributed by atoms with van der Waals surface area (Å²) in [5, 5.41) is 3.00. The summed E-state index contributed by atoms with van der Waals surface area (Å²) in [6, 6.07) is 14.4. The fourth-order valence-electron chi connectivity index (χ4n) is 3.26. The van der Waals surface area contributed by atoms with Gasteiger partial charge in [0.25, 0.3) is 0 Å². The molecule has 1 saturated heterocycles. The highest BCUT2D eigenvalue weighted by Gasteiger charge is 2.22. The number of aryl methyl sites for hydroxylation is 2. The van der Waals surface area contributed by atoms with Crippen molar-refractivity contribution in [3.05, 3.63) is 53.6 Å². The molecular formula is C21H28N4O. The number of nitrogens with zero attached hydrogens (tertiary/aromatic N) is 3. The Labute approximate surface area is 156 Å². The van der Waals surface area contributed by atoms with Crippen LogP contribution < -0.4 is 15.1 Å². The third kappa shape index (κ3) is 4.10. The van der Waals surface area contributed by atoms with Gasteiger partial charge in [-0.1, -0.05) is 12.1 Å². The number of hydrogen-bond acceptors (Lipinski definition) is 3. The molecule has 1 heterocycles. The lowest BCUT2D eigenvalue weighted by atomic mass is 10.1. The molecule has 0 saturated carbocycles. The number of benzene rings is 2. The van der Waals surface area contributed by atoms with Crippen LogP contribution in [0.15, 0.2) is 42.5 Å². The lowest BCUT2D eigenvalue weighted by Gasteiger charge is -2.37. The van der Waals surface area contributed by atoms with Gasteiger partial charge in [-0.05, 0) is 55.3 Å². The van der Waals surface area contributed by atoms with Crippen LogP contribution in [0.25, 0.3) is 0 Å². The number of nitrogens with one attached hydrogen (secondary N) is 1. The van der Waals surface area contributed by atoms with Crippen LogP contribution in [-0.4, -0.2) is 51.2 Å². The maximum Gasteiger partial charge on any atom is 0.321 e. The third-order valence-electron chi connectivity index (χ3n) is 4.91. The van der Waals surface area contributed by atoms with Crippen molar-refractivity contribution < 1.29 is 4.79 Å². The maximum absolute atomic E-state index is 12.5. The lowest BCUT2D eigenvalue weighted by molar-refractivity contribution is 0.208. The first kappa shape index (κ1) is 18.1. The summed E-state index contributed by atoms with van der Waals surface area (Å²) in [6.07, 6.45) is 0. The minimum absolute atomic E-state index is 0.0248. The SMILES string of the molecule is Cc1ccc(C)c(N2CCN(C(=O)Nc3ccc(N(C)C)cc3)CC2)c1. The van der Waals surface area contributed by atoms with E-state index >= 15 is 0 Å². The molecule has 5 nitrogen and oxygen atoms in total. The summed E-state index contributed by atoms with van der Waals surface area (Å²) < 4.78 is 0. The molecule has 1 aliphatic heterocycles. The second kappa shape index (κ2) is 7.68. The summed E-state index contributed by atoms with van der Waals surface area (Å²) in [5.74, 6) is 0. The Bertz CT molecular complexity index is 762. The molecule has 26 heavy (non-hydrogen) atoms. The summed E-state index contributed by atoms with van der Waals surface area (Å²) in [4.78, 5) is 18.8. The van der Waals surface area contributed by atoms with E-state index in [1.165, 1.54) is 16.8 Å². The number of carbonyl (C=O) groups excluding carboxylic acids is 1. The summed E-state index contributed by atoms with van der Waals surface area (Å²) in [6.45, 7) is 7.44. The topological polar surface area (TPSA) is 38.8 Å². The van der Waals surface area contributed by atoms with Crippen LogP contribution in [0.4, 0.5) is 21.9 Å². The predicted molar refractivity (Wildman–Crippen MR) is 109 cm³/mol. The molecule has 0 spiro atoms. The average molecular weight is 352 g/mol. The van der Waals surface area contributed by atoms with Crippen LogP contribution in [-0.2, 0) is 0 Å². The van der Waals surface area contributed by atoms with E-state index in [9.17, 15) is 4.79 Å². The van der Waals surface area contributed by atoms with Crippen molar-refractivity contribution in [2.45, 2.75) is 13.8 Å². The van der Waals surface area contributed by atoms with E-state index in [1.807, 2.05) is 48.2 Å². The Balaban J connectivity index is 1.57. The van der Waals surface area contributed by atoms with Crippen molar-refractivity contribution >= 4 is 23.1 Å². The highest BCUT2D eigenvalue weighted by Crippen LogP contribution is 2.23. The molecule has 2 aromatic carbocycles. The monoisotopic (exact) mass is 352 g/mol. The zero-order chi connectivity index (χ0) is 18.7. The van der Waals surface area contributed by atoms with E-state index in [-0.39, 0.29) is 6.03 Å². The van der Waals surface area contributed by atoms with Gasteiger partial charge < -0.3 is 20.0 Å². The average Bonchev–Trinajstić information content (AvgIpc) is 2.64. The van der Waals surface area contributed by atoms with Crippen LogP contribution in [0.3, 0.4) is 0 Å². The lowest BCUT2D eigenvalue weighted by Crippen LogP contribution is -2.50. The van der Waals surface area contributed by atoms with Crippen molar-refractivity contribution in [1.29, 1.82) is 0 Å². The van der Waals surface area contributed by atoms with Gasteiger partial charge in [-0.2, -0.15) is 0 Å². The molecule has 0 aromatic heterocycles. The van der Waals surface area contributed by atoms with Crippen LogP contribution in [0.2, 0.25) is 0 Å². The van der Waals surface area contributed by atoms with E-state index in [0.29, 0.717) is 0 Å². The van der Waals surface area contributed by atoms with Gasteiger partial charge in [0.2, 0.25) is 0 Å². The Morgan fingerprint density at radius 2 is 1.62 bits per heavy atom. The Morgan fingerprint density at radius 3 is 2.23 bits per heavy atom. The number of hydrogen-bond donors (Lipinski definition) is 1. The highest BCUT2D eigenvalue weighted by atomic mass is 16.2. The van der Waals surface area contributed by atoms with Crippen LogP contribution in [0.1, 0.15) is 11.1 Å². The highest BCUT2D eigenvalue weighted by molar-refractivity contribution is 5.89. The van der Waals surface area contributed by atoms with Crippen molar-refractivity contribution in [2.75, 3.05) is 55.4 Å². The second-order valence-corrected chi connectivity index (χ2v) is 7.14. The summed E-state index contributed by atoms with van der Waals surface area (Å²) >= 11 is 0. The van der Waals surface area contributed by atoms with Gasteiger partial charge in [0, 0.05) is 57.3 Å². The van der Waals surface area contributed by atoms with Crippen molar-refractivity contribution in [3.8, 4) is 0 Å². The molecule has 5 heteroatoms. The molecule has 1 N–H and O–H groups in total. The van der Waals surface area contributed by atoms with Crippen molar-refractivity contribution in [2.24, 2.45) is 0 Å². The molecule has 0 atom stereocenters. The molecule has 3 rings (SSSR count). The number of amides is 2. The standard InChI is InChI=1S/C21H28N4O/c1-16-5-6-17(2)20(15-16)24-11-13-25(14-12-24)21(26)22-18-7-9-19(10-8-18)23(3)4/h5-10,15H,11-14H2,1-4H3,(H,22,26). The first-order valence-electron chi connectivity index (χ1n) is 9.09. The van der Waals surface area contributed by atoms with Gasteiger partial charge >= 0.3 is 6.03 Å². The van der Waals surface area contributed by atoms with Crippen LogP contribution >= 0.6 is 0 Å². The van der Waals surface area contributed by atoms with E-state index in [0.717, 1.165) is 37.6 Å². The van der Waals surface area contributed by atoms with Gasteiger partial charge in [0.05, 0.1) is 0 Å². The van der Waals surface area contributed by atoms with E-state index < -0.39 is 0 Å². The molecule has 0 radical (unpaired) electrons. The molecule has 2 amide bonds. The third-order valence-corrected chi connectivity index (χ3v) is 4.91. The predicted octanol–water partition coefficient (Wildman–Crippen LogP) is 3.72. The van der Waals surface area contributed by atoms with Crippen LogP contribution in [0, 0.1) is 13.8 Å². The second-order valence-electron chi connectivity index (χ2n) is 7.14. The van der Waals surface area contributed by atoms with Crippen LogP contribution in [0.5, 0.6) is 0 Å². The summed E-state index contributed by atoms with van der Waals surface area (Å²) in [5.41, 5.74) is 5.79. The van der Waals surface area contributed by atoms with E-state index in [1.54, 1.807) is 0 Å². The minimum atomic E-state index is -0.0248. The Kier molecular flexibility index (Phi) is 5.35. The molecule has 138 valence electrons. The zero-order valence-corrected chi connectivity index (χ0v) is 16.1. The van der Waals surface area contributed by atoms with Gasteiger partial charge in [0.15, 0.2) is 0 Å². The number of piperazine rings is 1. The van der Waals surface area contributed by atoms with Gasteiger partial charge in [-0.25, -0.2) is 4.79 Å². The number of anilines is 3. The molecule has 1 aliphatic rings. The summed E-state index contributed by atoms with van der Waals surface area (Å²) in [7, 11) is 4.01. The Hall–Kier alpha value is -2.69.